The van der Waals surface area contributed by atoms with Crippen molar-refractivity contribution >= 4 is 5.91 Å². The molecule has 1 aliphatic heterocycles. The number of hydrogen-bond donors (Lipinski definition) is 1. The van der Waals surface area contributed by atoms with E-state index in [1.54, 1.807) is 31.3 Å². The second-order valence-corrected chi connectivity index (χ2v) is 4.81. The lowest BCUT2D eigenvalue weighted by atomic mass is 10.1. The molecule has 104 valence electrons. The highest BCUT2D eigenvalue weighted by atomic mass is 16.5. The van der Waals surface area contributed by atoms with E-state index >= 15 is 0 Å². The second kappa shape index (κ2) is 5.48. The Morgan fingerprint density at radius 2 is 1.89 bits per heavy atom. The molecule has 2 N–H and O–H groups in total. The fraction of sp³-hybridized carbons (Fsp3) is 0.500. The number of carbonyl (C=O) groups excluding carboxylic acids is 1. The third-order valence-corrected chi connectivity index (χ3v) is 3.51. The number of methoxy groups -OCH3 is 2. The van der Waals surface area contributed by atoms with Gasteiger partial charge in [-0.2, -0.15) is 0 Å². The molecular weight excluding hydrogens is 244 g/mol. The largest absolute Gasteiger partial charge is 0.496 e. The zero-order chi connectivity index (χ0) is 14.0. The van der Waals surface area contributed by atoms with Crippen LogP contribution in [0, 0.1) is 6.92 Å². The van der Waals surface area contributed by atoms with Gasteiger partial charge in [-0.25, -0.2) is 0 Å². The van der Waals surface area contributed by atoms with Crippen LogP contribution in [0.5, 0.6) is 11.5 Å². The predicted molar refractivity (Wildman–Crippen MR) is 72.8 cm³/mol. The van der Waals surface area contributed by atoms with Gasteiger partial charge in [0.2, 0.25) is 0 Å². The van der Waals surface area contributed by atoms with E-state index in [1.807, 2.05) is 6.92 Å². The summed E-state index contributed by atoms with van der Waals surface area (Å²) < 4.78 is 10.6. The number of benzene rings is 1. The Bertz CT molecular complexity index is 463. The molecule has 1 unspecified atom stereocenters. The molecule has 0 spiro atoms. The molecule has 1 fully saturated rings. The Balaban J connectivity index is 2.31. The van der Waals surface area contributed by atoms with Gasteiger partial charge in [-0.3, -0.25) is 4.79 Å². The van der Waals surface area contributed by atoms with Gasteiger partial charge in [-0.1, -0.05) is 0 Å². The summed E-state index contributed by atoms with van der Waals surface area (Å²) in [7, 11) is 3.17. The topological polar surface area (TPSA) is 64.8 Å². The van der Waals surface area contributed by atoms with Crippen molar-refractivity contribution in [1.29, 1.82) is 0 Å². The highest BCUT2D eigenvalue weighted by Gasteiger charge is 2.25. The van der Waals surface area contributed by atoms with E-state index in [0.29, 0.717) is 30.2 Å². The molecule has 0 saturated carbocycles. The van der Waals surface area contributed by atoms with E-state index in [9.17, 15) is 4.79 Å². The second-order valence-electron chi connectivity index (χ2n) is 4.81. The molecule has 0 aromatic heterocycles. The first-order valence-electron chi connectivity index (χ1n) is 6.34. The van der Waals surface area contributed by atoms with Gasteiger partial charge in [0.15, 0.2) is 0 Å². The lowest BCUT2D eigenvalue weighted by Gasteiger charge is -2.18. The smallest absolute Gasteiger partial charge is 0.254 e. The van der Waals surface area contributed by atoms with Gasteiger partial charge in [-0.05, 0) is 25.5 Å². The zero-order valence-corrected chi connectivity index (χ0v) is 11.6. The van der Waals surface area contributed by atoms with Crippen LogP contribution in [0.25, 0.3) is 0 Å². The van der Waals surface area contributed by atoms with Gasteiger partial charge in [-0.15, -0.1) is 0 Å². The maximum Gasteiger partial charge on any atom is 0.254 e. The summed E-state index contributed by atoms with van der Waals surface area (Å²) in [6.07, 6.45) is 0.853. The van der Waals surface area contributed by atoms with Crippen LogP contribution >= 0.6 is 0 Å². The molecule has 1 aromatic rings. The van der Waals surface area contributed by atoms with Gasteiger partial charge in [0, 0.05) is 30.3 Å². The van der Waals surface area contributed by atoms with Gasteiger partial charge in [0.1, 0.15) is 11.5 Å². The van der Waals surface area contributed by atoms with Crippen LogP contribution < -0.4 is 15.2 Å². The lowest BCUT2D eigenvalue weighted by molar-refractivity contribution is 0.0790. The zero-order valence-electron chi connectivity index (χ0n) is 11.6. The maximum atomic E-state index is 12.4. The Hall–Kier alpha value is -1.75. The maximum absolute atomic E-state index is 12.4. The summed E-state index contributed by atoms with van der Waals surface area (Å²) in [6, 6.07) is 3.59. The molecule has 1 amide bonds. The molecule has 2 rings (SSSR count). The third kappa shape index (κ3) is 2.66. The van der Waals surface area contributed by atoms with Crippen molar-refractivity contribution in [2.45, 2.75) is 19.4 Å². The number of nitrogens with zero attached hydrogens (tertiary/aromatic N) is 1. The summed E-state index contributed by atoms with van der Waals surface area (Å²) in [5.74, 6) is 1.29. The van der Waals surface area contributed by atoms with E-state index in [0.717, 1.165) is 12.0 Å². The van der Waals surface area contributed by atoms with Crippen molar-refractivity contribution in [3.63, 3.8) is 0 Å². The van der Waals surface area contributed by atoms with Crippen molar-refractivity contribution in [2.24, 2.45) is 5.73 Å². The standard InChI is InChI=1S/C14H20N2O3/c1-9-12(18-2)6-10(7-13(9)19-3)14(17)16-5-4-11(15)8-16/h6-7,11H,4-5,8,15H2,1-3H3. The number of ether oxygens (including phenoxy) is 2. The number of rotatable bonds is 3. The van der Waals surface area contributed by atoms with Crippen LogP contribution in [0.3, 0.4) is 0 Å². The first-order valence-corrected chi connectivity index (χ1v) is 6.34. The van der Waals surface area contributed by atoms with Gasteiger partial charge < -0.3 is 20.1 Å². The van der Waals surface area contributed by atoms with E-state index in [4.69, 9.17) is 15.2 Å². The average molecular weight is 264 g/mol. The van der Waals surface area contributed by atoms with Crippen molar-refractivity contribution in [3.05, 3.63) is 23.3 Å². The normalized spacial score (nSPS) is 18.5. The molecule has 1 atom stereocenters. The van der Waals surface area contributed by atoms with Crippen molar-refractivity contribution in [1.82, 2.24) is 4.90 Å². The van der Waals surface area contributed by atoms with E-state index in [1.165, 1.54) is 0 Å². The summed E-state index contributed by atoms with van der Waals surface area (Å²) >= 11 is 0. The van der Waals surface area contributed by atoms with E-state index < -0.39 is 0 Å². The van der Waals surface area contributed by atoms with Gasteiger partial charge >= 0.3 is 0 Å². The Labute approximate surface area is 113 Å². The number of carbonyl (C=O) groups is 1. The Morgan fingerprint density at radius 1 is 1.32 bits per heavy atom. The first kappa shape index (κ1) is 13.7. The first-order chi connectivity index (χ1) is 9.06. The minimum atomic E-state index is -0.0236. The number of nitrogens with two attached hydrogens (primary N) is 1. The van der Waals surface area contributed by atoms with E-state index in [-0.39, 0.29) is 11.9 Å². The van der Waals surface area contributed by atoms with Crippen LogP contribution in [0.2, 0.25) is 0 Å². The number of hydrogen-bond acceptors (Lipinski definition) is 4. The highest BCUT2D eigenvalue weighted by molar-refractivity contribution is 5.95. The van der Waals surface area contributed by atoms with Crippen LogP contribution in [0.15, 0.2) is 12.1 Å². The molecule has 1 saturated heterocycles. The fourth-order valence-electron chi connectivity index (χ4n) is 2.36. The minimum absolute atomic E-state index is 0.0236. The summed E-state index contributed by atoms with van der Waals surface area (Å²) in [5, 5.41) is 0. The number of amides is 1. The lowest BCUT2D eigenvalue weighted by Crippen LogP contribution is -2.31. The highest BCUT2D eigenvalue weighted by Crippen LogP contribution is 2.30. The van der Waals surface area contributed by atoms with Crippen LogP contribution in [0.4, 0.5) is 0 Å². The molecule has 19 heavy (non-hydrogen) atoms. The summed E-state index contributed by atoms with van der Waals surface area (Å²) in [5.41, 5.74) is 7.30. The molecule has 5 nitrogen and oxygen atoms in total. The molecule has 5 heteroatoms. The third-order valence-electron chi connectivity index (χ3n) is 3.51. The molecule has 1 heterocycles. The van der Waals surface area contributed by atoms with E-state index in [2.05, 4.69) is 0 Å². The Kier molecular flexibility index (Phi) is 3.95. The van der Waals surface area contributed by atoms with Crippen LogP contribution in [-0.4, -0.2) is 44.2 Å². The van der Waals surface area contributed by atoms with Gasteiger partial charge in [0.25, 0.3) is 5.91 Å². The van der Waals surface area contributed by atoms with Crippen molar-refractivity contribution in [3.8, 4) is 11.5 Å². The molecule has 0 aliphatic carbocycles. The molecule has 0 bridgehead atoms. The number of likely N-dealkylation sites (tertiary alicyclic amines) is 1. The average Bonchev–Trinajstić information content (AvgIpc) is 2.85. The quantitative estimate of drug-likeness (QED) is 0.890. The minimum Gasteiger partial charge on any atom is -0.496 e. The summed E-state index contributed by atoms with van der Waals surface area (Å²) in [4.78, 5) is 14.2. The molecule has 1 aliphatic rings. The van der Waals surface area contributed by atoms with Gasteiger partial charge in [0.05, 0.1) is 14.2 Å². The summed E-state index contributed by atoms with van der Waals surface area (Å²) in [6.45, 7) is 3.22. The van der Waals surface area contributed by atoms with Crippen molar-refractivity contribution in [2.75, 3.05) is 27.3 Å². The van der Waals surface area contributed by atoms with Crippen LogP contribution in [-0.2, 0) is 0 Å². The predicted octanol–water partition coefficient (Wildman–Crippen LogP) is 1.19. The molecule has 1 aromatic carbocycles. The van der Waals surface area contributed by atoms with Crippen LogP contribution in [0.1, 0.15) is 22.3 Å². The Morgan fingerprint density at radius 3 is 2.32 bits per heavy atom. The monoisotopic (exact) mass is 264 g/mol. The molecular formula is C14H20N2O3. The SMILES string of the molecule is COc1cc(C(=O)N2CCC(N)C2)cc(OC)c1C. The fourth-order valence-corrected chi connectivity index (χ4v) is 2.36. The molecule has 0 radical (unpaired) electrons. The van der Waals surface area contributed by atoms with Crippen molar-refractivity contribution < 1.29 is 14.3 Å².